The van der Waals surface area contributed by atoms with Crippen molar-refractivity contribution < 1.29 is 18.8 Å². The van der Waals surface area contributed by atoms with Crippen LogP contribution >= 0.6 is 0 Å². The van der Waals surface area contributed by atoms with Crippen molar-refractivity contribution in [2.45, 2.75) is 44.3 Å². The van der Waals surface area contributed by atoms with E-state index < -0.39 is 6.04 Å². The van der Waals surface area contributed by atoms with Gasteiger partial charge in [0.1, 0.15) is 12.3 Å². The Kier molecular flexibility index (Phi) is 5.21. The number of aromatic nitrogens is 1. The molecule has 2 aromatic heterocycles. The third-order valence-electron chi connectivity index (χ3n) is 6.88. The first-order valence-corrected chi connectivity index (χ1v) is 10.9. The molecule has 3 fully saturated rings. The van der Waals surface area contributed by atoms with Crippen molar-refractivity contribution in [1.82, 2.24) is 20.1 Å². The number of likely N-dealkylation sites (tertiary alicyclic amines) is 1. The quantitative estimate of drug-likeness (QED) is 0.811. The third kappa shape index (κ3) is 3.71. The summed E-state index contributed by atoms with van der Waals surface area (Å²) in [5, 5.41) is 3.02. The fourth-order valence-corrected chi connectivity index (χ4v) is 5.52. The fourth-order valence-electron chi connectivity index (χ4n) is 5.52. The summed E-state index contributed by atoms with van der Waals surface area (Å²) in [5.74, 6) is -0.0360. The Morgan fingerprint density at radius 3 is 2.74 bits per heavy atom. The zero-order valence-corrected chi connectivity index (χ0v) is 17.3. The Morgan fingerprint density at radius 1 is 1.16 bits per heavy atom. The molecule has 0 saturated carbocycles. The minimum atomic E-state index is -0.546. The van der Waals surface area contributed by atoms with Crippen molar-refractivity contribution in [2.75, 3.05) is 13.1 Å². The monoisotopic (exact) mass is 422 g/mol. The summed E-state index contributed by atoms with van der Waals surface area (Å²) in [7, 11) is 0. The lowest BCUT2D eigenvalue weighted by Gasteiger charge is -2.55. The molecular weight excluding hydrogens is 396 g/mol. The van der Waals surface area contributed by atoms with Crippen LogP contribution in [0.2, 0.25) is 0 Å². The van der Waals surface area contributed by atoms with Gasteiger partial charge in [-0.3, -0.25) is 19.4 Å². The number of rotatable bonds is 4. The Hall–Kier alpha value is -3.16. The average Bonchev–Trinajstić information content (AvgIpc) is 3.33. The summed E-state index contributed by atoms with van der Waals surface area (Å²) in [6.07, 6.45) is 9.40. The average molecular weight is 422 g/mol. The molecule has 2 bridgehead atoms. The number of fused-ring (bicyclic) bond motifs is 4. The van der Waals surface area contributed by atoms with Crippen LogP contribution in [-0.4, -0.2) is 57.7 Å². The highest BCUT2D eigenvalue weighted by Crippen LogP contribution is 2.42. The highest BCUT2D eigenvalue weighted by Gasteiger charge is 2.52. The third-order valence-corrected chi connectivity index (χ3v) is 6.88. The van der Waals surface area contributed by atoms with Crippen LogP contribution in [0.5, 0.6) is 0 Å². The van der Waals surface area contributed by atoms with Crippen LogP contribution in [0, 0.1) is 11.8 Å². The number of piperidine rings is 3. The number of hydrogen-bond acceptors (Lipinski definition) is 5. The van der Waals surface area contributed by atoms with Crippen molar-refractivity contribution in [3.05, 3.63) is 54.2 Å². The normalized spacial score (nSPS) is 27.5. The Balaban J connectivity index is 1.39. The van der Waals surface area contributed by atoms with Gasteiger partial charge in [-0.05, 0) is 48.9 Å². The molecule has 0 unspecified atom stereocenters. The van der Waals surface area contributed by atoms with Crippen molar-refractivity contribution >= 4 is 17.7 Å². The van der Waals surface area contributed by atoms with Gasteiger partial charge in [0.25, 0.3) is 5.91 Å². The smallest absolute Gasteiger partial charge is 0.257 e. The van der Waals surface area contributed by atoms with E-state index in [4.69, 9.17) is 4.42 Å². The molecule has 0 radical (unpaired) electrons. The molecule has 3 aliphatic rings. The number of pyridine rings is 1. The molecule has 5 heterocycles. The minimum Gasteiger partial charge on any atom is -0.472 e. The van der Waals surface area contributed by atoms with Gasteiger partial charge in [0.15, 0.2) is 0 Å². The van der Waals surface area contributed by atoms with Gasteiger partial charge in [0, 0.05) is 50.4 Å². The standard InChI is InChI=1S/C23H26N4O4/c28-20-3-1-2-19-17-10-18(13-26(12-17)23(30)16-6-9-31-14-16)21(27(19)20)22(29)25-11-15-4-7-24-8-5-15/h4-9,14,17-19,21H,1-3,10-13H2,(H,25,29)/t17-,18+,19+,21-/m1/s1. The molecular formula is C23H26N4O4. The second-order valence-corrected chi connectivity index (χ2v) is 8.76. The maximum atomic E-state index is 13.3. The summed E-state index contributed by atoms with van der Waals surface area (Å²) in [4.78, 5) is 46.9. The molecule has 8 nitrogen and oxygen atoms in total. The SMILES string of the molecule is O=C(NCc1ccncc1)[C@H]1[C@H]2C[C@H](CN(C(=O)c3ccoc3)C2)[C@@H]2CCCC(=O)N21. The molecule has 0 aliphatic carbocycles. The van der Waals surface area contributed by atoms with Crippen LogP contribution < -0.4 is 5.32 Å². The molecule has 2 aromatic rings. The van der Waals surface area contributed by atoms with E-state index in [0.717, 1.165) is 24.8 Å². The summed E-state index contributed by atoms with van der Waals surface area (Å²) < 4.78 is 5.08. The van der Waals surface area contributed by atoms with Gasteiger partial charge in [-0.15, -0.1) is 0 Å². The van der Waals surface area contributed by atoms with E-state index in [2.05, 4.69) is 10.3 Å². The number of carbonyl (C=O) groups excluding carboxylic acids is 3. The second kappa shape index (κ2) is 8.17. The summed E-state index contributed by atoms with van der Waals surface area (Å²) in [5.41, 5.74) is 1.48. The lowest BCUT2D eigenvalue weighted by Crippen LogP contribution is -2.68. The Morgan fingerprint density at radius 2 is 1.97 bits per heavy atom. The van der Waals surface area contributed by atoms with Crippen molar-refractivity contribution in [2.24, 2.45) is 11.8 Å². The molecule has 5 rings (SSSR count). The van der Waals surface area contributed by atoms with Crippen LogP contribution in [0.25, 0.3) is 0 Å². The predicted molar refractivity (Wildman–Crippen MR) is 111 cm³/mol. The maximum absolute atomic E-state index is 13.3. The van der Waals surface area contributed by atoms with Gasteiger partial charge in [0.05, 0.1) is 11.8 Å². The summed E-state index contributed by atoms with van der Waals surface area (Å²) >= 11 is 0. The van der Waals surface area contributed by atoms with E-state index >= 15 is 0 Å². The highest BCUT2D eigenvalue weighted by molar-refractivity contribution is 5.94. The molecule has 3 aliphatic heterocycles. The molecule has 8 heteroatoms. The van der Waals surface area contributed by atoms with Crippen molar-refractivity contribution in [3.63, 3.8) is 0 Å². The largest absolute Gasteiger partial charge is 0.472 e. The number of nitrogens with one attached hydrogen (secondary N) is 1. The van der Waals surface area contributed by atoms with E-state index in [1.807, 2.05) is 21.9 Å². The first-order valence-electron chi connectivity index (χ1n) is 10.9. The van der Waals surface area contributed by atoms with Crippen LogP contribution in [0.3, 0.4) is 0 Å². The second-order valence-electron chi connectivity index (χ2n) is 8.76. The molecule has 3 amide bonds. The van der Waals surface area contributed by atoms with E-state index in [-0.39, 0.29) is 35.6 Å². The van der Waals surface area contributed by atoms with Gasteiger partial charge in [-0.2, -0.15) is 0 Å². The van der Waals surface area contributed by atoms with Crippen LogP contribution in [-0.2, 0) is 16.1 Å². The lowest BCUT2D eigenvalue weighted by atomic mass is 9.71. The van der Waals surface area contributed by atoms with Crippen LogP contribution in [0.15, 0.2) is 47.5 Å². The molecule has 0 spiro atoms. The first-order chi connectivity index (χ1) is 15.1. The van der Waals surface area contributed by atoms with E-state index in [1.165, 1.54) is 12.5 Å². The molecule has 31 heavy (non-hydrogen) atoms. The van der Waals surface area contributed by atoms with Crippen LogP contribution in [0.1, 0.15) is 41.6 Å². The number of nitrogens with zero attached hydrogens (tertiary/aromatic N) is 3. The van der Waals surface area contributed by atoms with E-state index in [0.29, 0.717) is 31.6 Å². The number of amides is 3. The van der Waals surface area contributed by atoms with Gasteiger partial charge < -0.3 is 19.5 Å². The maximum Gasteiger partial charge on any atom is 0.257 e. The molecule has 0 aromatic carbocycles. The van der Waals surface area contributed by atoms with Crippen molar-refractivity contribution in [1.29, 1.82) is 0 Å². The highest BCUT2D eigenvalue weighted by atomic mass is 16.3. The van der Waals surface area contributed by atoms with Gasteiger partial charge in [-0.25, -0.2) is 0 Å². The summed E-state index contributed by atoms with van der Waals surface area (Å²) in [6.45, 7) is 1.46. The lowest BCUT2D eigenvalue weighted by molar-refractivity contribution is -0.159. The molecule has 162 valence electrons. The Labute approximate surface area is 180 Å². The molecule has 3 saturated heterocycles. The van der Waals surface area contributed by atoms with Gasteiger partial charge in [0.2, 0.25) is 11.8 Å². The van der Waals surface area contributed by atoms with Gasteiger partial charge >= 0.3 is 0 Å². The number of carbonyl (C=O) groups is 3. The minimum absolute atomic E-state index is 0.00845. The van der Waals surface area contributed by atoms with Crippen molar-refractivity contribution in [3.8, 4) is 0 Å². The number of hydrogen-bond donors (Lipinski definition) is 1. The number of furan rings is 1. The van der Waals surface area contributed by atoms with Crippen LogP contribution in [0.4, 0.5) is 0 Å². The fraction of sp³-hybridized carbons (Fsp3) is 0.478. The topological polar surface area (TPSA) is 95.7 Å². The zero-order chi connectivity index (χ0) is 21.4. The van der Waals surface area contributed by atoms with E-state index in [1.54, 1.807) is 18.5 Å². The summed E-state index contributed by atoms with van der Waals surface area (Å²) in [6, 6.07) is 4.85. The van der Waals surface area contributed by atoms with E-state index in [9.17, 15) is 14.4 Å². The Bertz CT molecular complexity index is 961. The molecule has 4 atom stereocenters. The zero-order valence-electron chi connectivity index (χ0n) is 17.3. The predicted octanol–water partition coefficient (Wildman–Crippen LogP) is 1.83. The van der Waals surface area contributed by atoms with Gasteiger partial charge in [-0.1, -0.05) is 0 Å². The first kappa shape index (κ1) is 19.8. The molecule has 1 N–H and O–H groups in total.